The molecule has 1 amide bonds. The maximum atomic E-state index is 13.0. The van der Waals surface area contributed by atoms with Gasteiger partial charge in [-0.3, -0.25) is 4.90 Å². The Morgan fingerprint density at radius 1 is 1.03 bits per heavy atom. The summed E-state index contributed by atoms with van der Waals surface area (Å²) >= 11 is 0. The summed E-state index contributed by atoms with van der Waals surface area (Å²) in [6.07, 6.45) is -0.725. The second-order valence-corrected chi connectivity index (χ2v) is 12.1. The van der Waals surface area contributed by atoms with Crippen LogP contribution in [0, 0.1) is 0 Å². The molecule has 0 bridgehead atoms. The van der Waals surface area contributed by atoms with Crippen LogP contribution in [-0.2, 0) is 27.3 Å². The lowest BCUT2D eigenvalue weighted by Crippen LogP contribution is -2.59. The van der Waals surface area contributed by atoms with E-state index in [-0.39, 0.29) is 18.2 Å². The third-order valence-electron chi connectivity index (χ3n) is 7.00. The van der Waals surface area contributed by atoms with Crippen molar-refractivity contribution in [1.82, 2.24) is 19.8 Å². The van der Waals surface area contributed by atoms with Gasteiger partial charge >= 0.3 is 12.3 Å². The topological polar surface area (TPSA) is 95.9 Å². The lowest BCUT2D eigenvalue weighted by Gasteiger charge is -2.44. The van der Waals surface area contributed by atoms with Gasteiger partial charge in [0.2, 0.25) is 0 Å². The molecule has 2 saturated heterocycles. The lowest BCUT2D eigenvalue weighted by atomic mass is 10.1. The molecule has 0 unspecified atom stereocenters. The van der Waals surface area contributed by atoms with Crippen LogP contribution in [0.4, 0.5) is 23.8 Å². The predicted octanol–water partition coefficient (Wildman–Crippen LogP) is 3.60. The van der Waals surface area contributed by atoms with Gasteiger partial charge in [-0.15, -0.1) is 0 Å². The van der Waals surface area contributed by atoms with E-state index in [0.29, 0.717) is 43.2 Å². The molecule has 1 aromatic heterocycles. The lowest BCUT2D eigenvalue weighted by molar-refractivity contribution is -0.141. The van der Waals surface area contributed by atoms with Crippen LogP contribution in [0.5, 0.6) is 0 Å². The number of carbonyl (C=O) groups is 1. The van der Waals surface area contributed by atoms with Gasteiger partial charge in [-0.25, -0.2) is 23.2 Å². The van der Waals surface area contributed by atoms with Gasteiger partial charge in [0.1, 0.15) is 11.9 Å². The van der Waals surface area contributed by atoms with Gasteiger partial charge < -0.3 is 14.5 Å². The Labute approximate surface area is 220 Å². The normalized spacial score (nSPS) is 21.9. The molecule has 13 heteroatoms. The van der Waals surface area contributed by atoms with Crippen LogP contribution in [0.1, 0.15) is 37.9 Å². The van der Waals surface area contributed by atoms with Crippen LogP contribution in [0.2, 0.25) is 0 Å². The predicted molar refractivity (Wildman–Crippen MR) is 134 cm³/mol. The Morgan fingerprint density at radius 3 is 2.24 bits per heavy atom. The average molecular weight is 556 g/mol. The van der Waals surface area contributed by atoms with Crippen molar-refractivity contribution in [3.05, 3.63) is 47.9 Å². The minimum absolute atomic E-state index is 0.180. The van der Waals surface area contributed by atoms with Gasteiger partial charge in [-0.05, 0) is 44.4 Å². The largest absolute Gasteiger partial charge is 0.446 e. The Hall–Kier alpha value is -2.93. The number of piperidine rings is 1. The maximum absolute atomic E-state index is 13.0. The minimum atomic E-state index is -4.55. The summed E-state index contributed by atoms with van der Waals surface area (Å²) < 4.78 is 67.5. The van der Waals surface area contributed by atoms with Crippen molar-refractivity contribution in [2.75, 3.05) is 37.3 Å². The van der Waals surface area contributed by atoms with Gasteiger partial charge in [-0.2, -0.15) is 13.2 Å². The second kappa shape index (κ2) is 11.0. The van der Waals surface area contributed by atoms with Crippen molar-refractivity contribution in [2.45, 2.75) is 62.5 Å². The van der Waals surface area contributed by atoms with Crippen LogP contribution < -0.4 is 4.90 Å². The Morgan fingerprint density at radius 2 is 1.68 bits per heavy atom. The fourth-order valence-electron chi connectivity index (χ4n) is 4.81. The van der Waals surface area contributed by atoms with Crippen LogP contribution in [0.3, 0.4) is 0 Å². The number of rotatable bonds is 5. The fourth-order valence-corrected chi connectivity index (χ4v) is 5.44. The monoisotopic (exact) mass is 555 g/mol. The number of likely N-dealkylation sites (tertiary alicyclic amines) is 1. The number of halogens is 3. The molecule has 0 N–H and O–H groups in total. The molecule has 2 aliphatic heterocycles. The van der Waals surface area contributed by atoms with E-state index in [0.717, 1.165) is 31.0 Å². The first-order valence-corrected chi connectivity index (χ1v) is 14.3. The molecule has 2 aliphatic rings. The highest BCUT2D eigenvalue weighted by Gasteiger charge is 2.36. The molecule has 2 atom stereocenters. The molecule has 4 rings (SSSR count). The van der Waals surface area contributed by atoms with Crippen molar-refractivity contribution in [1.29, 1.82) is 0 Å². The zero-order valence-electron chi connectivity index (χ0n) is 21.6. The number of alkyl halides is 3. The maximum Gasteiger partial charge on any atom is 0.434 e. The van der Waals surface area contributed by atoms with E-state index in [1.807, 2.05) is 30.9 Å². The summed E-state index contributed by atoms with van der Waals surface area (Å²) in [5.41, 5.74) is -0.0219. The fraction of sp³-hybridized carbons (Fsp3) is 0.560. The zero-order chi connectivity index (χ0) is 27.7. The number of hydrogen-bond acceptors (Lipinski definition) is 8. The molecule has 3 heterocycles. The molecule has 0 aliphatic carbocycles. The third kappa shape index (κ3) is 6.73. The first kappa shape index (κ1) is 28.1. The number of piperazine rings is 1. The first-order chi connectivity index (χ1) is 17.8. The van der Waals surface area contributed by atoms with Crippen molar-refractivity contribution in [2.24, 2.45) is 0 Å². The van der Waals surface area contributed by atoms with Gasteiger partial charge in [-0.1, -0.05) is 12.1 Å². The molecule has 208 valence electrons. The Balaban J connectivity index is 1.26. The Kier molecular flexibility index (Phi) is 8.17. The summed E-state index contributed by atoms with van der Waals surface area (Å²) in [7, 11) is -3.22. The number of carbonyl (C=O) groups excluding carboxylic acids is 1. The molecule has 2 aromatic rings. The van der Waals surface area contributed by atoms with Gasteiger partial charge in [0.25, 0.3) is 0 Å². The number of benzene rings is 1. The number of sulfone groups is 1. The molecule has 2 fully saturated rings. The van der Waals surface area contributed by atoms with Crippen molar-refractivity contribution in [3.63, 3.8) is 0 Å². The van der Waals surface area contributed by atoms with E-state index < -0.39 is 27.8 Å². The minimum Gasteiger partial charge on any atom is -0.446 e. The van der Waals surface area contributed by atoms with Gasteiger partial charge in [0.15, 0.2) is 15.5 Å². The molecule has 0 radical (unpaired) electrons. The summed E-state index contributed by atoms with van der Waals surface area (Å²) in [6.45, 7) is 6.68. The summed E-state index contributed by atoms with van der Waals surface area (Å²) in [4.78, 5) is 26.5. The Bertz CT molecular complexity index is 1220. The van der Waals surface area contributed by atoms with Crippen molar-refractivity contribution < 1.29 is 31.1 Å². The SMILES string of the molecule is C[C@@H]1CN(c2cnc(C(F)(F)F)cn2)[C@@H](C)CN1C(=O)OC1CCN(Cc2ccc(S(C)(=O)=O)cc2)CC1. The highest BCUT2D eigenvalue weighted by atomic mass is 32.2. The number of nitrogens with zero attached hydrogens (tertiary/aromatic N) is 5. The van der Waals surface area contributed by atoms with E-state index in [1.54, 1.807) is 17.0 Å². The first-order valence-electron chi connectivity index (χ1n) is 12.5. The molecule has 0 saturated carbocycles. The number of aromatic nitrogens is 2. The summed E-state index contributed by atoms with van der Waals surface area (Å²) in [5, 5.41) is 0. The smallest absolute Gasteiger partial charge is 0.434 e. The average Bonchev–Trinajstić information content (AvgIpc) is 2.85. The van der Waals surface area contributed by atoms with E-state index in [2.05, 4.69) is 14.9 Å². The number of amides is 1. The van der Waals surface area contributed by atoms with Gasteiger partial charge in [0.05, 0.1) is 17.3 Å². The van der Waals surface area contributed by atoms with Gasteiger partial charge in [0, 0.05) is 51.1 Å². The van der Waals surface area contributed by atoms with Crippen molar-refractivity contribution in [3.8, 4) is 0 Å². The molecule has 38 heavy (non-hydrogen) atoms. The van der Waals surface area contributed by atoms with E-state index in [9.17, 15) is 26.4 Å². The van der Waals surface area contributed by atoms with Crippen LogP contribution in [0.15, 0.2) is 41.6 Å². The van der Waals surface area contributed by atoms with Crippen molar-refractivity contribution >= 4 is 21.7 Å². The quantitative estimate of drug-likeness (QED) is 0.553. The highest BCUT2D eigenvalue weighted by Crippen LogP contribution is 2.29. The zero-order valence-corrected chi connectivity index (χ0v) is 22.4. The molecule has 0 spiro atoms. The molecule has 9 nitrogen and oxygen atoms in total. The number of anilines is 1. The van der Waals surface area contributed by atoms with E-state index >= 15 is 0 Å². The third-order valence-corrected chi connectivity index (χ3v) is 8.13. The molecule has 1 aromatic carbocycles. The molecular weight excluding hydrogens is 523 g/mol. The van der Waals surface area contributed by atoms with Crippen LogP contribution >= 0.6 is 0 Å². The number of ether oxygens (including phenoxy) is 1. The standard InChI is InChI=1S/C25H32F3N5O4S/c1-17-15-33(18(2)14-32(17)23-13-29-22(12-30-23)25(26,27)28)24(34)37-20-8-10-31(11-9-20)16-19-4-6-21(7-5-19)38(3,35)36/h4-7,12-13,17-18,20H,8-11,14-16H2,1-3H3/t17-,18+/m0/s1. The van der Waals surface area contributed by atoms with Crippen LogP contribution in [0.25, 0.3) is 0 Å². The second-order valence-electron chi connectivity index (χ2n) is 10.0. The number of hydrogen-bond donors (Lipinski definition) is 0. The van der Waals surface area contributed by atoms with Crippen LogP contribution in [-0.4, -0.2) is 84.9 Å². The van der Waals surface area contributed by atoms with E-state index in [1.165, 1.54) is 6.26 Å². The highest BCUT2D eigenvalue weighted by molar-refractivity contribution is 7.90. The summed E-state index contributed by atoms with van der Waals surface area (Å²) in [6, 6.07) is 6.47. The summed E-state index contributed by atoms with van der Waals surface area (Å²) in [5.74, 6) is 0.337. The van der Waals surface area contributed by atoms with E-state index in [4.69, 9.17) is 4.74 Å². The molecular formula is C25H32F3N5O4S.